The summed E-state index contributed by atoms with van der Waals surface area (Å²) in [6.07, 6.45) is 0. The van der Waals surface area contributed by atoms with E-state index in [1.807, 2.05) is 33.0 Å². The topological polar surface area (TPSA) is 52.0 Å². The van der Waals surface area contributed by atoms with E-state index >= 15 is 0 Å². The third kappa shape index (κ3) is 4.56. The molecule has 0 amide bonds. The molecule has 0 aliphatic heterocycles. The first-order valence-electron chi connectivity index (χ1n) is 7.31. The molecule has 0 radical (unpaired) electrons. The van der Waals surface area contributed by atoms with Crippen molar-refractivity contribution in [3.05, 3.63) is 35.2 Å². The van der Waals surface area contributed by atoms with Gasteiger partial charge >= 0.3 is 0 Å². The molecule has 0 atom stereocenters. The Balaban J connectivity index is 2.09. The molecule has 0 aromatic carbocycles. The molecule has 0 spiro atoms. The number of aryl methyl sites for hydroxylation is 3. The largest absolute Gasteiger partial charge is 0.421 e. The molecule has 0 aliphatic rings. The Morgan fingerprint density at radius 1 is 1.19 bits per heavy atom. The number of pyridine rings is 1. The summed E-state index contributed by atoms with van der Waals surface area (Å²) in [5.41, 5.74) is 3.06. The minimum Gasteiger partial charge on any atom is -0.421 e. The van der Waals surface area contributed by atoms with E-state index in [9.17, 15) is 0 Å². The maximum atomic E-state index is 5.84. The van der Waals surface area contributed by atoms with Gasteiger partial charge in [0.1, 0.15) is 0 Å². The van der Waals surface area contributed by atoms with Crippen LogP contribution in [-0.2, 0) is 13.6 Å². The number of rotatable bonds is 6. The van der Waals surface area contributed by atoms with Crippen molar-refractivity contribution in [1.82, 2.24) is 20.1 Å². The van der Waals surface area contributed by atoms with Gasteiger partial charge < -0.3 is 10.1 Å². The maximum absolute atomic E-state index is 5.84. The first-order valence-corrected chi connectivity index (χ1v) is 7.31. The fourth-order valence-corrected chi connectivity index (χ4v) is 2.16. The molecular weight excluding hydrogens is 264 g/mol. The monoisotopic (exact) mass is 288 g/mol. The molecule has 0 fully saturated rings. The Labute approximate surface area is 126 Å². The van der Waals surface area contributed by atoms with E-state index < -0.39 is 0 Å². The van der Waals surface area contributed by atoms with Gasteiger partial charge in [0.2, 0.25) is 11.8 Å². The SMILES string of the molecule is Cc1cc(CNCC(C)C)cc(Oc2cc(C)nn2C)n1. The minimum absolute atomic E-state index is 0.611. The number of aromatic nitrogens is 3. The van der Waals surface area contributed by atoms with Crippen molar-refractivity contribution in [1.29, 1.82) is 0 Å². The van der Waals surface area contributed by atoms with Crippen molar-refractivity contribution < 1.29 is 4.74 Å². The van der Waals surface area contributed by atoms with Crippen LogP contribution in [0.5, 0.6) is 11.8 Å². The van der Waals surface area contributed by atoms with Crippen molar-refractivity contribution in [3.8, 4) is 11.8 Å². The van der Waals surface area contributed by atoms with Crippen molar-refractivity contribution in [2.45, 2.75) is 34.2 Å². The van der Waals surface area contributed by atoms with Gasteiger partial charge in [-0.2, -0.15) is 5.10 Å². The molecular formula is C16H24N4O. The molecule has 2 rings (SSSR count). The Hall–Kier alpha value is -1.88. The van der Waals surface area contributed by atoms with Crippen LogP contribution in [0.1, 0.15) is 30.8 Å². The number of hydrogen-bond donors (Lipinski definition) is 1. The Morgan fingerprint density at radius 3 is 2.57 bits per heavy atom. The van der Waals surface area contributed by atoms with Crippen LogP contribution in [0.3, 0.4) is 0 Å². The van der Waals surface area contributed by atoms with Gasteiger partial charge in [-0.05, 0) is 37.9 Å². The second-order valence-electron chi connectivity index (χ2n) is 5.83. The lowest BCUT2D eigenvalue weighted by atomic mass is 10.2. The molecule has 2 aromatic rings. The highest BCUT2D eigenvalue weighted by Gasteiger charge is 2.07. The number of hydrogen-bond acceptors (Lipinski definition) is 4. The molecule has 2 aromatic heterocycles. The third-order valence-corrected chi connectivity index (χ3v) is 3.04. The van der Waals surface area contributed by atoms with Crippen LogP contribution in [0.15, 0.2) is 18.2 Å². The average molecular weight is 288 g/mol. The molecule has 0 unspecified atom stereocenters. The second-order valence-corrected chi connectivity index (χ2v) is 5.83. The minimum atomic E-state index is 0.611. The van der Waals surface area contributed by atoms with Crippen molar-refractivity contribution in [2.75, 3.05) is 6.54 Å². The molecule has 1 N–H and O–H groups in total. The van der Waals surface area contributed by atoms with Crippen LogP contribution in [0.25, 0.3) is 0 Å². The van der Waals surface area contributed by atoms with E-state index in [1.165, 1.54) is 5.56 Å². The summed E-state index contributed by atoms with van der Waals surface area (Å²) in [6, 6.07) is 5.96. The van der Waals surface area contributed by atoms with Crippen LogP contribution in [-0.4, -0.2) is 21.3 Å². The molecule has 114 valence electrons. The number of nitrogens with one attached hydrogen (secondary N) is 1. The standard InChI is InChI=1S/C16H24N4O/c1-11(2)9-17-10-14-6-12(3)18-15(8-14)21-16-7-13(4)19-20(16)5/h6-8,11,17H,9-10H2,1-5H3. The number of nitrogens with zero attached hydrogens (tertiary/aromatic N) is 3. The van der Waals surface area contributed by atoms with E-state index in [2.05, 4.69) is 35.3 Å². The lowest BCUT2D eigenvalue weighted by molar-refractivity contribution is 0.413. The zero-order valence-corrected chi connectivity index (χ0v) is 13.5. The summed E-state index contributed by atoms with van der Waals surface area (Å²) < 4.78 is 7.56. The average Bonchev–Trinajstić information content (AvgIpc) is 2.66. The predicted molar refractivity (Wildman–Crippen MR) is 83.5 cm³/mol. The summed E-state index contributed by atoms with van der Waals surface area (Å²) in [7, 11) is 1.86. The fourth-order valence-electron chi connectivity index (χ4n) is 2.16. The molecule has 0 bridgehead atoms. The van der Waals surface area contributed by atoms with Crippen molar-refractivity contribution in [2.24, 2.45) is 13.0 Å². The van der Waals surface area contributed by atoms with Crippen LogP contribution in [0.4, 0.5) is 0 Å². The zero-order valence-electron chi connectivity index (χ0n) is 13.5. The van der Waals surface area contributed by atoms with Gasteiger partial charge in [0.05, 0.1) is 5.69 Å². The first-order chi connectivity index (χ1) is 9.94. The molecule has 0 aliphatic carbocycles. The van der Waals surface area contributed by atoms with Crippen molar-refractivity contribution >= 4 is 0 Å². The van der Waals surface area contributed by atoms with Crippen LogP contribution in [0.2, 0.25) is 0 Å². The molecule has 21 heavy (non-hydrogen) atoms. The van der Waals surface area contributed by atoms with Crippen LogP contribution in [0, 0.1) is 19.8 Å². The Morgan fingerprint density at radius 2 is 1.95 bits per heavy atom. The van der Waals surface area contributed by atoms with Gasteiger partial charge in [-0.1, -0.05) is 13.8 Å². The normalized spacial score (nSPS) is 11.1. The Kier molecular flexibility index (Phi) is 4.96. The van der Waals surface area contributed by atoms with E-state index in [0.717, 1.165) is 24.5 Å². The highest BCUT2D eigenvalue weighted by Crippen LogP contribution is 2.21. The van der Waals surface area contributed by atoms with Crippen molar-refractivity contribution in [3.63, 3.8) is 0 Å². The zero-order chi connectivity index (χ0) is 15.4. The molecule has 2 heterocycles. The van der Waals surface area contributed by atoms with Gasteiger partial charge in [-0.3, -0.25) is 0 Å². The summed E-state index contributed by atoms with van der Waals surface area (Å²) in [5.74, 6) is 1.95. The van der Waals surface area contributed by atoms with Crippen LogP contribution >= 0.6 is 0 Å². The van der Waals surface area contributed by atoms with Gasteiger partial charge in [0.25, 0.3) is 0 Å². The van der Waals surface area contributed by atoms with Gasteiger partial charge in [-0.25, -0.2) is 9.67 Å². The quantitative estimate of drug-likeness (QED) is 0.888. The van der Waals surface area contributed by atoms with Gasteiger partial charge in [0.15, 0.2) is 0 Å². The summed E-state index contributed by atoms with van der Waals surface area (Å²) >= 11 is 0. The maximum Gasteiger partial charge on any atom is 0.221 e. The lowest BCUT2D eigenvalue weighted by Gasteiger charge is -2.10. The third-order valence-electron chi connectivity index (χ3n) is 3.04. The van der Waals surface area contributed by atoms with E-state index in [-0.39, 0.29) is 0 Å². The highest BCUT2D eigenvalue weighted by atomic mass is 16.5. The smallest absolute Gasteiger partial charge is 0.221 e. The number of ether oxygens (including phenoxy) is 1. The van der Waals surface area contributed by atoms with E-state index in [1.54, 1.807) is 4.68 Å². The summed E-state index contributed by atoms with van der Waals surface area (Å²) in [4.78, 5) is 4.43. The second kappa shape index (κ2) is 6.72. The molecule has 0 saturated heterocycles. The molecule has 5 heteroatoms. The van der Waals surface area contributed by atoms with E-state index in [4.69, 9.17) is 4.74 Å². The van der Waals surface area contributed by atoms with Gasteiger partial charge in [0, 0.05) is 31.4 Å². The summed E-state index contributed by atoms with van der Waals surface area (Å²) in [6.45, 7) is 10.1. The first kappa shape index (κ1) is 15.5. The highest BCUT2D eigenvalue weighted by molar-refractivity contribution is 5.28. The van der Waals surface area contributed by atoms with Gasteiger partial charge in [-0.15, -0.1) is 0 Å². The summed E-state index contributed by atoms with van der Waals surface area (Å²) in [5, 5.41) is 7.71. The predicted octanol–water partition coefficient (Wildman–Crippen LogP) is 2.97. The fraction of sp³-hybridized carbons (Fsp3) is 0.500. The lowest BCUT2D eigenvalue weighted by Crippen LogP contribution is -2.19. The Bertz CT molecular complexity index is 604. The molecule has 0 saturated carbocycles. The molecule has 5 nitrogen and oxygen atoms in total. The van der Waals surface area contributed by atoms with Crippen LogP contribution < -0.4 is 10.1 Å². The van der Waals surface area contributed by atoms with E-state index in [0.29, 0.717) is 17.7 Å².